The van der Waals surface area contributed by atoms with Gasteiger partial charge in [0.25, 0.3) is 0 Å². The average molecular weight is 251 g/mol. The molecule has 0 aromatic carbocycles. The van der Waals surface area contributed by atoms with E-state index in [1.807, 2.05) is 26.8 Å². The summed E-state index contributed by atoms with van der Waals surface area (Å²) in [5, 5.41) is 0.528. The fourth-order valence-corrected chi connectivity index (χ4v) is 1.69. The van der Waals surface area contributed by atoms with Gasteiger partial charge in [-0.1, -0.05) is 25.4 Å². The smallest absolute Gasteiger partial charge is 0.166 e. The van der Waals surface area contributed by atoms with Gasteiger partial charge in [-0.15, -0.1) is 0 Å². The Morgan fingerprint density at radius 3 is 2.59 bits per heavy atom. The summed E-state index contributed by atoms with van der Waals surface area (Å²) < 4.78 is 1.73. The zero-order valence-electron chi connectivity index (χ0n) is 10.1. The van der Waals surface area contributed by atoms with Crippen molar-refractivity contribution in [2.24, 2.45) is 0 Å². The van der Waals surface area contributed by atoms with E-state index in [1.165, 1.54) is 0 Å². The highest BCUT2D eigenvalue weighted by Gasteiger charge is 2.10. The molecule has 0 fully saturated rings. The topological polar surface area (TPSA) is 34.9 Å². The van der Waals surface area contributed by atoms with Crippen LogP contribution in [0.5, 0.6) is 0 Å². The van der Waals surface area contributed by atoms with Gasteiger partial charge in [0.2, 0.25) is 0 Å². The number of pyridine rings is 1. The number of aldehydes is 1. The van der Waals surface area contributed by atoms with E-state index < -0.39 is 0 Å². The van der Waals surface area contributed by atoms with E-state index in [2.05, 4.69) is 4.98 Å². The highest BCUT2D eigenvalue weighted by atomic mass is 35.5. The van der Waals surface area contributed by atoms with Gasteiger partial charge in [-0.3, -0.25) is 9.36 Å². The Labute approximate surface area is 106 Å². The minimum absolute atomic E-state index is 0.528. The fourth-order valence-electron chi connectivity index (χ4n) is 1.48. The van der Waals surface area contributed by atoms with Crippen LogP contribution in [0, 0.1) is 6.92 Å². The number of hydrogen-bond donors (Lipinski definition) is 0. The molecule has 3 nitrogen and oxygen atoms in total. The summed E-state index contributed by atoms with van der Waals surface area (Å²) in [4.78, 5) is 15.0. The van der Waals surface area contributed by atoms with Crippen LogP contribution in [0.1, 0.15) is 30.0 Å². The van der Waals surface area contributed by atoms with Crippen molar-refractivity contribution in [3.63, 3.8) is 0 Å². The molecule has 0 N–H and O–H groups in total. The minimum atomic E-state index is 0.528. The molecule has 0 radical (unpaired) electrons. The highest BCUT2D eigenvalue weighted by molar-refractivity contribution is 6.32. The molecule has 17 heavy (non-hydrogen) atoms. The first-order chi connectivity index (χ1) is 8.24. The monoisotopic (exact) mass is 250 g/mol. The van der Waals surface area contributed by atoms with Gasteiger partial charge >= 0.3 is 0 Å². The van der Waals surface area contributed by atoms with Crippen LogP contribution in [-0.4, -0.2) is 15.8 Å². The van der Waals surface area contributed by atoms with Crippen LogP contribution < -0.4 is 0 Å². The molecule has 0 saturated heterocycles. The maximum Gasteiger partial charge on any atom is 0.166 e. The molecule has 2 aromatic heterocycles. The van der Waals surface area contributed by atoms with Crippen LogP contribution >= 0.6 is 11.6 Å². The summed E-state index contributed by atoms with van der Waals surface area (Å²) in [7, 11) is 0. The summed E-state index contributed by atoms with van der Waals surface area (Å²) in [5.41, 5.74) is 1.48. The van der Waals surface area contributed by atoms with E-state index in [1.54, 1.807) is 29.0 Å². The third kappa shape index (κ3) is 2.74. The molecular weight excluding hydrogens is 236 g/mol. The Bertz CT molecular complexity index is 506. The maximum atomic E-state index is 10.8. The van der Waals surface area contributed by atoms with Gasteiger partial charge in [0.15, 0.2) is 12.1 Å². The molecule has 4 heteroatoms. The summed E-state index contributed by atoms with van der Waals surface area (Å²) in [5.74, 6) is 0.587. The van der Waals surface area contributed by atoms with Crippen molar-refractivity contribution in [1.29, 1.82) is 0 Å². The molecule has 0 amide bonds. The zero-order valence-corrected chi connectivity index (χ0v) is 10.9. The minimum Gasteiger partial charge on any atom is -0.296 e. The van der Waals surface area contributed by atoms with Crippen LogP contribution in [0.2, 0.25) is 5.02 Å². The van der Waals surface area contributed by atoms with Crippen molar-refractivity contribution in [3.8, 4) is 5.82 Å². The Balaban J connectivity index is 0.000000686. The van der Waals surface area contributed by atoms with E-state index in [9.17, 15) is 4.79 Å². The number of aryl methyl sites for hydroxylation is 1. The van der Waals surface area contributed by atoms with Crippen LogP contribution in [-0.2, 0) is 0 Å². The number of carbonyl (C=O) groups is 1. The predicted molar refractivity (Wildman–Crippen MR) is 70.0 cm³/mol. The molecule has 90 valence electrons. The Hall–Kier alpha value is -1.61. The molecule has 0 aliphatic rings. The number of hydrogen-bond acceptors (Lipinski definition) is 2. The van der Waals surface area contributed by atoms with Gasteiger partial charge in [0.1, 0.15) is 0 Å². The standard InChI is InChI=1S/C11H9ClN2O.C2H6/c1-8-4-5-9(7-15)14(8)11-10(12)3-2-6-13-11;1-2/h2-7H,1H3;1-2H3. The van der Waals surface area contributed by atoms with E-state index in [4.69, 9.17) is 11.6 Å². The predicted octanol–water partition coefficient (Wildman–Crippen LogP) is 3.67. The van der Waals surface area contributed by atoms with Gasteiger partial charge in [0.05, 0.1) is 10.7 Å². The van der Waals surface area contributed by atoms with Crippen molar-refractivity contribution in [2.45, 2.75) is 20.8 Å². The van der Waals surface area contributed by atoms with Crippen molar-refractivity contribution < 1.29 is 4.79 Å². The van der Waals surface area contributed by atoms with Gasteiger partial charge in [-0.05, 0) is 31.2 Å². The quantitative estimate of drug-likeness (QED) is 0.763. The number of carbonyl (C=O) groups excluding carboxylic acids is 1. The molecule has 0 spiro atoms. The van der Waals surface area contributed by atoms with E-state index in [0.717, 1.165) is 12.0 Å². The number of halogens is 1. The molecule has 0 saturated carbocycles. The van der Waals surface area contributed by atoms with Crippen molar-refractivity contribution in [2.75, 3.05) is 0 Å². The zero-order chi connectivity index (χ0) is 12.8. The third-order valence-electron chi connectivity index (χ3n) is 2.18. The van der Waals surface area contributed by atoms with Crippen molar-refractivity contribution >= 4 is 17.9 Å². The van der Waals surface area contributed by atoms with Crippen LogP contribution in [0.25, 0.3) is 5.82 Å². The van der Waals surface area contributed by atoms with Gasteiger partial charge in [-0.2, -0.15) is 0 Å². The molecule has 0 aliphatic heterocycles. The first kappa shape index (κ1) is 13.5. The second-order valence-corrected chi connectivity index (χ2v) is 3.57. The lowest BCUT2D eigenvalue weighted by atomic mass is 10.4. The summed E-state index contributed by atoms with van der Waals surface area (Å²) in [6.07, 6.45) is 2.44. The molecular formula is C13H15ClN2O. The number of rotatable bonds is 2. The Morgan fingerprint density at radius 2 is 2.00 bits per heavy atom. The molecule has 0 bridgehead atoms. The summed E-state index contributed by atoms with van der Waals surface area (Å²) in [6.45, 7) is 5.90. The van der Waals surface area contributed by atoms with Crippen molar-refractivity contribution in [1.82, 2.24) is 9.55 Å². The largest absolute Gasteiger partial charge is 0.296 e. The van der Waals surface area contributed by atoms with E-state index in [0.29, 0.717) is 16.5 Å². The van der Waals surface area contributed by atoms with Gasteiger partial charge in [0, 0.05) is 11.9 Å². The number of aromatic nitrogens is 2. The normalized spacial score (nSPS) is 9.41. The lowest BCUT2D eigenvalue weighted by Crippen LogP contribution is -2.03. The summed E-state index contributed by atoms with van der Waals surface area (Å²) >= 11 is 6.02. The first-order valence-electron chi connectivity index (χ1n) is 5.48. The van der Waals surface area contributed by atoms with Crippen LogP contribution in [0.15, 0.2) is 30.5 Å². The van der Waals surface area contributed by atoms with Crippen molar-refractivity contribution in [3.05, 3.63) is 46.9 Å². The average Bonchev–Trinajstić information content (AvgIpc) is 2.74. The second-order valence-electron chi connectivity index (χ2n) is 3.16. The van der Waals surface area contributed by atoms with Gasteiger partial charge < -0.3 is 0 Å². The lowest BCUT2D eigenvalue weighted by molar-refractivity contribution is 0.111. The molecule has 2 aromatic rings. The van der Waals surface area contributed by atoms with Gasteiger partial charge in [-0.25, -0.2) is 4.98 Å². The highest BCUT2D eigenvalue weighted by Crippen LogP contribution is 2.21. The molecule has 0 atom stereocenters. The van der Waals surface area contributed by atoms with E-state index >= 15 is 0 Å². The SMILES string of the molecule is CC.Cc1ccc(C=O)n1-c1ncccc1Cl. The third-order valence-corrected chi connectivity index (χ3v) is 2.47. The Kier molecular flexibility index (Phi) is 4.91. The molecule has 0 aliphatic carbocycles. The fraction of sp³-hybridized carbons (Fsp3) is 0.231. The lowest BCUT2D eigenvalue weighted by Gasteiger charge is -2.08. The first-order valence-corrected chi connectivity index (χ1v) is 5.86. The Morgan fingerprint density at radius 1 is 1.29 bits per heavy atom. The molecule has 0 unspecified atom stereocenters. The van der Waals surface area contributed by atoms with E-state index in [-0.39, 0.29) is 0 Å². The number of nitrogens with zero attached hydrogens (tertiary/aromatic N) is 2. The molecule has 2 heterocycles. The molecule has 2 rings (SSSR count). The second kappa shape index (κ2) is 6.21. The van der Waals surface area contributed by atoms with Crippen LogP contribution in [0.4, 0.5) is 0 Å². The summed E-state index contributed by atoms with van der Waals surface area (Å²) in [6, 6.07) is 7.10. The van der Waals surface area contributed by atoms with Crippen LogP contribution in [0.3, 0.4) is 0 Å². The maximum absolute atomic E-state index is 10.8.